The van der Waals surface area contributed by atoms with Crippen molar-refractivity contribution in [2.24, 2.45) is 7.05 Å². The van der Waals surface area contributed by atoms with Gasteiger partial charge in [-0.25, -0.2) is 9.50 Å². The molecular formula is C23H20F3N9O2S. The van der Waals surface area contributed by atoms with E-state index in [4.69, 9.17) is 0 Å². The maximum atomic E-state index is 13.8. The minimum absolute atomic E-state index is 0.0574. The second-order valence-electron chi connectivity index (χ2n) is 8.20. The zero-order valence-electron chi connectivity index (χ0n) is 20.2. The number of thiophene rings is 1. The van der Waals surface area contributed by atoms with Crippen LogP contribution in [0.1, 0.15) is 39.3 Å². The van der Waals surface area contributed by atoms with Crippen LogP contribution in [-0.4, -0.2) is 46.0 Å². The van der Waals surface area contributed by atoms with E-state index < -0.39 is 23.7 Å². The second-order valence-corrected chi connectivity index (χ2v) is 9.15. The normalized spacial score (nSPS) is 11.7. The Morgan fingerprint density at radius 3 is 2.45 bits per heavy atom. The van der Waals surface area contributed by atoms with Crippen molar-refractivity contribution in [1.29, 1.82) is 0 Å². The summed E-state index contributed by atoms with van der Waals surface area (Å²) in [7, 11) is 1.73. The van der Waals surface area contributed by atoms with Crippen LogP contribution < -0.4 is 10.6 Å². The Kier molecular flexibility index (Phi) is 6.22. The van der Waals surface area contributed by atoms with E-state index in [0.717, 1.165) is 12.1 Å². The molecule has 0 unspecified atom stereocenters. The molecule has 0 bridgehead atoms. The molecule has 2 amide bonds. The van der Waals surface area contributed by atoms with Crippen LogP contribution in [0.5, 0.6) is 0 Å². The minimum atomic E-state index is -4.75. The molecule has 0 saturated carbocycles. The average molecular weight is 544 g/mol. The van der Waals surface area contributed by atoms with E-state index in [2.05, 4.69) is 30.9 Å². The summed E-state index contributed by atoms with van der Waals surface area (Å²) < 4.78 is 45.1. The zero-order chi connectivity index (χ0) is 27.2. The van der Waals surface area contributed by atoms with Gasteiger partial charge < -0.3 is 10.6 Å². The van der Waals surface area contributed by atoms with Crippen molar-refractivity contribution < 1.29 is 22.8 Å². The molecule has 5 aromatic rings. The molecule has 11 nitrogen and oxygen atoms in total. The summed E-state index contributed by atoms with van der Waals surface area (Å²) in [6, 6.07) is 5.40. The van der Waals surface area contributed by atoms with E-state index in [0.29, 0.717) is 27.3 Å². The SMILES string of the molecule is CCn1ncc(NC(=O)c2cc3nc(-c4cccs4)cc(C(F)(F)F)n3n2)c1C(=O)Nc1cnn(C)c1C. The van der Waals surface area contributed by atoms with E-state index in [1.807, 2.05) is 0 Å². The first-order valence-corrected chi connectivity index (χ1v) is 12.1. The lowest BCUT2D eigenvalue weighted by molar-refractivity contribution is -0.142. The summed E-state index contributed by atoms with van der Waals surface area (Å²) in [6.07, 6.45) is -1.97. The van der Waals surface area contributed by atoms with E-state index >= 15 is 0 Å². The number of hydrogen-bond donors (Lipinski definition) is 2. The van der Waals surface area contributed by atoms with Crippen LogP contribution in [-0.2, 0) is 19.8 Å². The summed E-state index contributed by atoms with van der Waals surface area (Å²) in [5.41, 5.74) is -0.112. The number of fused-ring (bicyclic) bond motifs is 1. The van der Waals surface area contributed by atoms with Crippen LogP contribution in [0.3, 0.4) is 0 Å². The highest BCUT2D eigenvalue weighted by Gasteiger charge is 2.36. The molecule has 0 aromatic carbocycles. The van der Waals surface area contributed by atoms with Crippen molar-refractivity contribution in [1.82, 2.24) is 34.2 Å². The highest BCUT2D eigenvalue weighted by atomic mass is 32.1. The number of alkyl halides is 3. The largest absolute Gasteiger partial charge is 0.433 e. The van der Waals surface area contributed by atoms with E-state index in [1.165, 1.54) is 28.4 Å². The van der Waals surface area contributed by atoms with Crippen molar-refractivity contribution in [3.8, 4) is 10.6 Å². The van der Waals surface area contributed by atoms with Crippen LogP contribution in [0.2, 0.25) is 0 Å². The molecule has 5 heterocycles. The first kappa shape index (κ1) is 25.1. The van der Waals surface area contributed by atoms with E-state index in [1.54, 1.807) is 43.1 Å². The highest BCUT2D eigenvalue weighted by molar-refractivity contribution is 7.13. The number of aromatic nitrogens is 7. The van der Waals surface area contributed by atoms with Gasteiger partial charge >= 0.3 is 6.18 Å². The third kappa shape index (κ3) is 4.51. The highest BCUT2D eigenvalue weighted by Crippen LogP contribution is 2.33. The number of halogens is 3. The second kappa shape index (κ2) is 9.41. The molecule has 0 aliphatic heterocycles. The van der Waals surface area contributed by atoms with Crippen molar-refractivity contribution in [2.75, 3.05) is 10.6 Å². The maximum absolute atomic E-state index is 13.8. The summed E-state index contributed by atoms with van der Waals surface area (Å²) >= 11 is 1.24. The Balaban J connectivity index is 1.48. The molecule has 0 aliphatic rings. The third-order valence-electron chi connectivity index (χ3n) is 5.81. The van der Waals surface area contributed by atoms with Crippen molar-refractivity contribution in [3.05, 3.63) is 64.8 Å². The Morgan fingerprint density at radius 2 is 1.82 bits per heavy atom. The topological polar surface area (TPSA) is 124 Å². The van der Waals surface area contributed by atoms with Crippen molar-refractivity contribution >= 4 is 40.2 Å². The Hall–Kier alpha value is -4.53. The van der Waals surface area contributed by atoms with E-state index in [-0.39, 0.29) is 28.4 Å². The van der Waals surface area contributed by atoms with Gasteiger partial charge in [-0.3, -0.25) is 19.0 Å². The lowest BCUT2D eigenvalue weighted by Crippen LogP contribution is -2.21. The van der Waals surface area contributed by atoms with Crippen LogP contribution in [0.25, 0.3) is 16.2 Å². The van der Waals surface area contributed by atoms with Crippen LogP contribution in [0, 0.1) is 6.92 Å². The van der Waals surface area contributed by atoms with Crippen LogP contribution >= 0.6 is 11.3 Å². The number of carbonyl (C=O) groups excluding carboxylic acids is 2. The van der Waals surface area contributed by atoms with Gasteiger partial charge in [0.25, 0.3) is 11.8 Å². The number of aryl methyl sites for hydroxylation is 2. The standard InChI is InChI=1S/C23H20F3N9O2S/c1-4-34-20(22(37)30-15-10-27-33(3)12(15)2)16(11-28-34)31-21(36)14-9-19-29-13(17-6-5-7-38-17)8-18(23(24,25)26)35(19)32-14/h5-11H,4H2,1-3H3,(H,30,37)(H,31,36). The quantitative estimate of drug-likeness (QED) is 0.330. The molecule has 0 radical (unpaired) electrons. The third-order valence-corrected chi connectivity index (χ3v) is 6.70. The van der Waals surface area contributed by atoms with E-state index in [9.17, 15) is 22.8 Å². The summed E-state index contributed by atoms with van der Waals surface area (Å²) in [4.78, 5) is 31.0. The van der Waals surface area contributed by atoms with Gasteiger partial charge in [-0.1, -0.05) is 6.07 Å². The van der Waals surface area contributed by atoms with Gasteiger partial charge in [-0.15, -0.1) is 11.3 Å². The van der Waals surface area contributed by atoms with Crippen molar-refractivity contribution in [2.45, 2.75) is 26.6 Å². The number of hydrogen-bond acceptors (Lipinski definition) is 7. The summed E-state index contributed by atoms with van der Waals surface area (Å²) in [6.45, 7) is 3.87. The zero-order valence-corrected chi connectivity index (χ0v) is 21.1. The number of amides is 2. The molecule has 0 atom stereocenters. The molecule has 5 rings (SSSR count). The fourth-order valence-corrected chi connectivity index (χ4v) is 4.47. The molecule has 15 heteroatoms. The lowest BCUT2D eigenvalue weighted by Gasteiger charge is -2.10. The predicted molar refractivity (Wildman–Crippen MR) is 133 cm³/mol. The smallest absolute Gasteiger partial charge is 0.318 e. The van der Waals surface area contributed by atoms with Gasteiger partial charge in [0, 0.05) is 19.7 Å². The maximum Gasteiger partial charge on any atom is 0.433 e. The van der Waals surface area contributed by atoms with Crippen molar-refractivity contribution in [3.63, 3.8) is 0 Å². The number of carbonyl (C=O) groups is 2. The molecule has 0 fully saturated rings. The first-order valence-electron chi connectivity index (χ1n) is 11.3. The Bertz CT molecular complexity index is 1670. The summed E-state index contributed by atoms with van der Waals surface area (Å²) in [5, 5.41) is 19.1. The molecular weight excluding hydrogens is 523 g/mol. The summed E-state index contributed by atoms with van der Waals surface area (Å²) in [5.74, 6) is -1.38. The van der Waals surface area contributed by atoms with Gasteiger partial charge in [0.1, 0.15) is 5.69 Å². The molecule has 38 heavy (non-hydrogen) atoms. The Labute approximate surface area is 216 Å². The first-order chi connectivity index (χ1) is 18.1. The Morgan fingerprint density at radius 1 is 1.08 bits per heavy atom. The van der Waals surface area contributed by atoms with Gasteiger partial charge in [0.05, 0.1) is 40.0 Å². The molecule has 196 valence electrons. The molecule has 0 saturated heterocycles. The number of nitrogens with one attached hydrogen (secondary N) is 2. The van der Waals surface area contributed by atoms with Gasteiger partial charge in [-0.2, -0.15) is 28.5 Å². The van der Waals surface area contributed by atoms with Gasteiger partial charge in [-0.05, 0) is 31.4 Å². The minimum Gasteiger partial charge on any atom is -0.318 e. The van der Waals surface area contributed by atoms with Gasteiger partial charge in [0.15, 0.2) is 17.0 Å². The number of rotatable bonds is 6. The number of nitrogens with zero attached hydrogens (tertiary/aromatic N) is 7. The monoisotopic (exact) mass is 543 g/mol. The number of anilines is 2. The fourth-order valence-electron chi connectivity index (χ4n) is 3.78. The van der Waals surface area contributed by atoms with Gasteiger partial charge in [0.2, 0.25) is 0 Å². The fraction of sp³-hybridized carbons (Fsp3) is 0.217. The van der Waals surface area contributed by atoms with Crippen LogP contribution in [0.4, 0.5) is 24.5 Å². The average Bonchev–Trinajstić information content (AvgIpc) is 3.66. The van der Waals surface area contributed by atoms with Crippen LogP contribution in [0.15, 0.2) is 42.0 Å². The molecule has 5 aromatic heterocycles. The molecule has 0 aliphatic carbocycles. The predicted octanol–water partition coefficient (Wildman–Crippen LogP) is 4.24. The molecule has 2 N–H and O–H groups in total. The lowest BCUT2D eigenvalue weighted by atomic mass is 10.2. The molecule has 0 spiro atoms.